The first-order chi connectivity index (χ1) is 10.3. The molecule has 0 N–H and O–H groups in total. The number of hydrogen-bond acceptors (Lipinski definition) is 0. The van der Waals surface area contributed by atoms with E-state index in [1.807, 2.05) is 44.2 Å². The summed E-state index contributed by atoms with van der Waals surface area (Å²) in [6, 6.07) is 10.5. The lowest BCUT2D eigenvalue weighted by Crippen LogP contribution is -2.34. The second-order valence-electron chi connectivity index (χ2n) is 4.23. The van der Waals surface area contributed by atoms with Gasteiger partial charge in [-0.25, -0.2) is 0 Å². The Bertz CT molecular complexity index is 518. The van der Waals surface area contributed by atoms with Gasteiger partial charge >= 0.3 is 0 Å². The second kappa shape index (κ2) is 11.5. The fraction of sp³-hybridized carbons (Fsp3) is 0.100. The van der Waals surface area contributed by atoms with E-state index in [4.69, 9.17) is 0 Å². The summed E-state index contributed by atoms with van der Waals surface area (Å²) in [6.45, 7) is 18.1. The van der Waals surface area contributed by atoms with Crippen molar-refractivity contribution in [2.45, 2.75) is 13.8 Å². The molecule has 0 saturated carbocycles. The zero-order valence-corrected chi connectivity index (χ0v) is 13.3. The molecule has 0 bridgehead atoms. The predicted molar refractivity (Wildman–Crippen MR) is 100 cm³/mol. The molecule has 0 amide bonds. The second-order valence-corrected chi connectivity index (χ2v) is 4.23. The Kier molecular flexibility index (Phi) is 10.3. The van der Waals surface area contributed by atoms with E-state index in [9.17, 15) is 0 Å². The fourth-order valence-corrected chi connectivity index (χ4v) is 2.11. The van der Waals surface area contributed by atoms with Crippen LogP contribution in [0.2, 0.25) is 0 Å². The summed E-state index contributed by atoms with van der Waals surface area (Å²) in [5.74, 6) is 0. The molecule has 1 aromatic rings. The molecule has 0 unspecified atom stereocenters. The smallest absolute Gasteiger partial charge is 0.106 e. The predicted octanol–water partition coefficient (Wildman–Crippen LogP) is 5.09. The van der Waals surface area contributed by atoms with Crippen molar-refractivity contribution < 1.29 is 0 Å². The SMILES string of the molecule is C=C.C=C/C(=C\C)B(/C(C=C)=C/C=C\C)c1ccccc1. The first-order valence-corrected chi connectivity index (χ1v) is 7.07. The van der Waals surface area contributed by atoms with Gasteiger partial charge in [-0.1, -0.05) is 96.4 Å². The molecule has 108 valence electrons. The standard InChI is InChI=1S/C18H21B.C2H4/c1-5-9-13-17(8-4)19(16(6-2)7-3)18-14-11-10-12-15-18;1-2/h5-15H,2,4H2,1,3H3;1-2H2/b9-5-,16-7+,17-13+;. The van der Waals surface area contributed by atoms with Gasteiger partial charge in [-0.2, -0.15) is 0 Å². The topological polar surface area (TPSA) is 0 Å². The van der Waals surface area contributed by atoms with Crippen molar-refractivity contribution in [2.75, 3.05) is 0 Å². The summed E-state index contributed by atoms with van der Waals surface area (Å²) >= 11 is 0. The lowest BCUT2D eigenvalue weighted by atomic mass is 9.35. The van der Waals surface area contributed by atoms with Gasteiger partial charge < -0.3 is 0 Å². The van der Waals surface area contributed by atoms with Crippen molar-refractivity contribution in [1.29, 1.82) is 0 Å². The van der Waals surface area contributed by atoms with Crippen LogP contribution in [0.25, 0.3) is 0 Å². The summed E-state index contributed by atoms with van der Waals surface area (Å²) < 4.78 is 0. The van der Waals surface area contributed by atoms with E-state index in [-0.39, 0.29) is 6.71 Å². The highest BCUT2D eigenvalue weighted by atomic mass is 13.9. The van der Waals surface area contributed by atoms with E-state index in [0.29, 0.717) is 0 Å². The van der Waals surface area contributed by atoms with Crippen LogP contribution >= 0.6 is 0 Å². The maximum atomic E-state index is 3.95. The maximum absolute atomic E-state index is 3.95. The molecule has 0 saturated heterocycles. The van der Waals surface area contributed by atoms with Gasteiger partial charge in [-0.15, -0.1) is 13.2 Å². The number of rotatable bonds is 6. The number of benzene rings is 1. The van der Waals surface area contributed by atoms with Gasteiger partial charge in [0.05, 0.1) is 0 Å². The summed E-state index contributed by atoms with van der Waals surface area (Å²) in [6.07, 6.45) is 12.1. The molecule has 0 fully saturated rings. The largest absolute Gasteiger partial charge is 0.240 e. The van der Waals surface area contributed by atoms with E-state index < -0.39 is 0 Å². The normalized spacial score (nSPS) is 11.5. The third kappa shape index (κ3) is 5.70. The molecule has 0 aliphatic rings. The van der Waals surface area contributed by atoms with Crippen molar-refractivity contribution in [2.24, 2.45) is 0 Å². The molecule has 0 spiro atoms. The van der Waals surface area contributed by atoms with E-state index >= 15 is 0 Å². The van der Waals surface area contributed by atoms with E-state index in [2.05, 4.69) is 62.7 Å². The van der Waals surface area contributed by atoms with Gasteiger partial charge in [0.2, 0.25) is 6.71 Å². The minimum atomic E-state index is 0.192. The average Bonchev–Trinajstić information content (AvgIpc) is 2.57. The highest BCUT2D eigenvalue weighted by Crippen LogP contribution is 2.14. The first-order valence-electron chi connectivity index (χ1n) is 7.07. The number of allylic oxidation sites excluding steroid dienone is 8. The van der Waals surface area contributed by atoms with Crippen LogP contribution in [0.5, 0.6) is 0 Å². The minimum absolute atomic E-state index is 0.192. The molecule has 21 heavy (non-hydrogen) atoms. The van der Waals surface area contributed by atoms with Crippen LogP contribution in [-0.2, 0) is 0 Å². The third-order valence-electron chi connectivity index (χ3n) is 3.09. The molecule has 0 aromatic heterocycles. The first kappa shape index (κ1) is 18.7. The van der Waals surface area contributed by atoms with Gasteiger partial charge in [-0.05, 0) is 13.8 Å². The highest BCUT2D eigenvalue weighted by molar-refractivity contribution is 6.87. The Hall–Kier alpha value is -2.28. The zero-order valence-electron chi connectivity index (χ0n) is 13.3. The van der Waals surface area contributed by atoms with Gasteiger partial charge in [0.1, 0.15) is 0 Å². The molecular weight excluding hydrogens is 251 g/mol. The molecule has 0 radical (unpaired) electrons. The lowest BCUT2D eigenvalue weighted by Gasteiger charge is -2.16. The van der Waals surface area contributed by atoms with Crippen LogP contribution in [0.3, 0.4) is 0 Å². The van der Waals surface area contributed by atoms with Crippen LogP contribution in [-0.4, -0.2) is 6.71 Å². The van der Waals surface area contributed by atoms with Crippen molar-refractivity contribution in [1.82, 2.24) is 0 Å². The maximum Gasteiger partial charge on any atom is 0.240 e. The fourth-order valence-electron chi connectivity index (χ4n) is 2.11. The average molecular weight is 276 g/mol. The minimum Gasteiger partial charge on any atom is -0.106 e. The molecule has 0 nitrogen and oxygen atoms in total. The number of hydrogen-bond donors (Lipinski definition) is 0. The summed E-state index contributed by atoms with van der Waals surface area (Å²) in [5.41, 5.74) is 3.63. The van der Waals surface area contributed by atoms with Gasteiger partial charge in [0.15, 0.2) is 0 Å². The summed E-state index contributed by atoms with van der Waals surface area (Å²) in [5, 5.41) is 0. The molecular formula is C20H25B. The Balaban J connectivity index is 0.00000191. The highest BCUT2D eigenvalue weighted by Gasteiger charge is 2.21. The van der Waals surface area contributed by atoms with Gasteiger partial charge in [-0.3, -0.25) is 0 Å². The van der Waals surface area contributed by atoms with Crippen molar-refractivity contribution >= 4 is 12.2 Å². The molecule has 1 aromatic carbocycles. The van der Waals surface area contributed by atoms with Crippen LogP contribution in [0.4, 0.5) is 0 Å². The Morgan fingerprint density at radius 2 is 1.52 bits per heavy atom. The Labute approximate surface area is 130 Å². The Morgan fingerprint density at radius 1 is 0.952 bits per heavy atom. The quantitative estimate of drug-likeness (QED) is 0.385. The third-order valence-corrected chi connectivity index (χ3v) is 3.09. The van der Waals surface area contributed by atoms with Crippen molar-refractivity contribution in [3.8, 4) is 0 Å². The molecule has 0 aliphatic carbocycles. The van der Waals surface area contributed by atoms with Gasteiger partial charge in [0, 0.05) is 0 Å². The molecule has 0 atom stereocenters. The van der Waals surface area contributed by atoms with Gasteiger partial charge in [0.25, 0.3) is 0 Å². The van der Waals surface area contributed by atoms with E-state index in [1.54, 1.807) is 0 Å². The molecule has 1 heteroatoms. The summed E-state index contributed by atoms with van der Waals surface area (Å²) in [7, 11) is 0. The van der Waals surface area contributed by atoms with Crippen LogP contribution in [0.1, 0.15) is 13.8 Å². The van der Waals surface area contributed by atoms with E-state index in [1.165, 1.54) is 16.4 Å². The molecule has 0 heterocycles. The summed E-state index contributed by atoms with van der Waals surface area (Å²) in [4.78, 5) is 0. The monoisotopic (exact) mass is 276 g/mol. The van der Waals surface area contributed by atoms with Crippen LogP contribution in [0.15, 0.2) is 104 Å². The van der Waals surface area contributed by atoms with E-state index in [0.717, 1.165) is 0 Å². The lowest BCUT2D eigenvalue weighted by molar-refractivity contribution is 1.64. The van der Waals surface area contributed by atoms with Crippen molar-refractivity contribution in [3.63, 3.8) is 0 Å². The Morgan fingerprint density at radius 3 is 1.95 bits per heavy atom. The molecule has 1 rings (SSSR count). The molecule has 0 aliphatic heterocycles. The van der Waals surface area contributed by atoms with Crippen molar-refractivity contribution in [3.05, 3.63) is 104 Å². The zero-order chi connectivity index (χ0) is 16.1. The van der Waals surface area contributed by atoms with Crippen LogP contribution < -0.4 is 5.46 Å². The van der Waals surface area contributed by atoms with Crippen LogP contribution in [0, 0.1) is 0 Å².